The van der Waals surface area contributed by atoms with E-state index in [1.54, 1.807) is 16.7 Å². The molecule has 3 aromatic rings. The molecule has 0 spiro atoms. The average Bonchev–Trinajstić information content (AvgIpc) is 3.06. The largest absolute Gasteiger partial charge is 0.501 e. The van der Waals surface area contributed by atoms with Gasteiger partial charge in [-0.05, 0) is 43.2 Å². The highest BCUT2D eigenvalue weighted by Crippen LogP contribution is 2.29. The van der Waals surface area contributed by atoms with Crippen LogP contribution in [0.2, 0.25) is 4.34 Å². The summed E-state index contributed by atoms with van der Waals surface area (Å²) < 4.78 is 2.40. The van der Waals surface area contributed by atoms with E-state index >= 15 is 0 Å². The predicted molar refractivity (Wildman–Crippen MR) is 114 cm³/mol. The van der Waals surface area contributed by atoms with E-state index in [0.29, 0.717) is 19.9 Å². The standard InChI is InChI=1S/C20H17ClN2OS2/c1-13-7-6-8-15(14(13)2)22-20(25)18(23-11-4-3-5-12-23)19(24)16-9-10-17(21)26-16/h3-12H,1-2H3,(H-,22,24,25)/p+1. The minimum Gasteiger partial charge on any atom is -0.501 e. The van der Waals surface area contributed by atoms with Crippen LogP contribution < -0.4 is 9.88 Å². The van der Waals surface area contributed by atoms with Crippen LogP contribution in [0.25, 0.3) is 11.5 Å². The molecule has 0 saturated heterocycles. The van der Waals surface area contributed by atoms with Crippen LogP contribution in [0.1, 0.15) is 16.0 Å². The Bertz CT molecular complexity index is 980. The first-order chi connectivity index (χ1) is 12.5. The number of thiocarbonyl (C=S) groups is 1. The van der Waals surface area contributed by atoms with Gasteiger partial charge >= 0.3 is 0 Å². The molecule has 6 heteroatoms. The van der Waals surface area contributed by atoms with Gasteiger partial charge in [-0.3, -0.25) is 0 Å². The third-order valence-corrected chi connectivity index (χ3v) is 5.61. The summed E-state index contributed by atoms with van der Waals surface area (Å²) in [6.45, 7) is 4.09. The molecule has 2 aromatic heterocycles. The summed E-state index contributed by atoms with van der Waals surface area (Å²) in [7, 11) is 0. The summed E-state index contributed by atoms with van der Waals surface area (Å²) >= 11 is 13.0. The number of rotatable bonds is 4. The zero-order chi connectivity index (χ0) is 18.7. The first-order valence-electron chi connectivity index (χ1n) is 8.00. The van der Waals surface area contributed by atoms with Gasteiger partial charge in [0, 0.05) is 17.8 Å². The summed E-state index contributed by atoms with van der Waals surface area (Å²) in [4.78, 5) is 1.09. The number of anilines is 1. The normalized spacial score (nSPS) is 11.8. The Morgan fingerprint density at radius 3 is 2.46 bits per heavy atom. The van der Waals surface area contributed by atoms with Gasteiger partial charge in [-0.15, -0.1) is 11.3 Å². The Morgan fingerprint density at radius 1 is 1.08 bits per heavy atom. The molecule has 0 aliphatic rings. The van der Waals surface area contributed by atoms with Crippen LogP contribution in [0.4, 0.5) is 5.69 Å². The second-order valence-corrected chi connectivity index (χ2v) is 7.91. The highest BCUT2D eigenvalue weighted by atomic mass is 35.5. The van der Waals surface area contributed by atoms with Crippen molar-refractivity contribution >= 4 is 57.3 Å². The van der Waals surface area contributed by atoms with Crippen molar-refractivity contribution in [3.63, 3.8) is 0 Å². The number of aliphatic hydroxyl groups excluding tert-OH is 1. The van der Waals surface area contributed by atoms with Crippen molar-refractivity contribution in [3.05, 3.63) is 81.3 Å². The number of thiophene rings is 1. The fourth-order valence-electron chi connectivity index (χ4n) is 2.52. The van der Waals surface area contributed by atoms with Gasteiger partial charge in [0.1, 0.15) is 0 Å². The third-order valence-electron chi connectivity index (χ3n) is 4.07. The highest BCUT2D eigenvalue weighted by molar-refractivity contribution is 7.81. The molecule has 132 valence electrons. The maximum atomic E-state index is 10.9. The maximum Gasteiger partial charge on any atom is 0.289 e. The highest BCUT2D eigenvalue weighted by Gasteiger charge is 2.25. The molecule has 0 saturated carbocycles. The van der Waals surface area contributed by atoms with Crippen molar-refractivity contribution in [2.45, 2.75) is 13.8 Å². The summed E-state index contributed by atoms with van der Waals surface area (Å²) in [5.74, 6) is 0.0842. The van der Waals surface area contributed by atoms with Crippen LogP contribution in [0.3, 0.4) is 0 Å². The second-order valence-electron chi connectivity index (χ2n) is 5.79. The lowest BCUT2D eigenvalue weighted by molar-refractivity contribution is -0.575. The van der Waals surface area contributed by atoms with E-state index in [0.717, 1.165) is 11.3 Å². The molecule has 0 aliphatic carbocycles. The fourth-order valence-corrected chi connectivity index (χ4v) is 3.82. The number of aliphatic hydroxyl groups is 1. The van der Waals surface area contributed by atoms with Crippen LogP contribution in [0, 0.1) is 13.8 Å². The lowest BCUT2D eigenvalue weighted by Gasteiger charge is -2.12. The molecule has 26 heavy (non-hydrogen) atoms. The van der Waals surface area contributed by atoms with Gasteiger partial charge in [0.15, 0.2) is 17.4 Å². The molecule has 0 amide bonds. The maximum absolute atomic E-state index is 10.9. The number of pyridine rings is 1. The first-order valence-corrected chi connectivity index (χ1v) is 9.61. The number of nitrogens with zero attached hydrogens (tertiary/aromatic N) is 1. The van der Waals surface area contributed by atoms with E-state index in [1.165, 1.54) is 16.9 Å². The van der Waals surface area contributed by atoms with E-state index < -0.39 is 0 Å². The Morgan fingerprint density at radius 2 is 1.81 bits per heavy atom. The average molecular weight is 402 g/mol. The smallest absolute Gasteiger partial charge is 0.289 e. The number of hydrogen-bond acceptors (Lipinski definition) is 3. The molecule has 1 aromatic carbocycles. The van der Waals surface area contributed by atoms with Gasteiger partial charge in [0.25, 0.3) is 5.70 Å². The quantitative estimate of drug-likeness (QED) is 0.257. The van der Waals surface area contributed by atoms with Crippen molar-refractivity contribution in [2.75, 3.05) is 5.32 Å². The second kappa shape index (κ2) is 7.99. The Balaban J connectivity index is 2.06. The van der Waals surface area contributed by atoms with E-state index in [9.17, 15) is 5.11 Å². The lowest BCUT2D eigenvalue weighted by Crippen LogP contribution is -2.38. The van der Waals surface area contributed by atoms with E-state index in [1.807, 2.05) is 49.6 Å². The molecule has 0 radical (unpaired) electrons. The van der Waals surface area contributed by atoms with E-state index in [4.69, 9.17) is 23.8 Å². The van der Waals surface area contributed by atoms with Crippen LogP contribution in [-0.4, -0.2) is 10.1 Å². The van der Waals surface area contributed by atoms with E-state index in [2.05, 4.69) is 18.3 Å². The van der Waals surface area contributed by atoms with Gasteiger partial charge in [-0.2, -0.15) is 4.57 Å². The molecule has 2 N–H and O–H groups in total. The fraction of sp³-hybridized carbons (Fsp3) is 0.100. The van der Waals surface area contributed by atoms with Crippen molar-refractivity contribution in [2.24, 2.45) is 0 Å². The summed E-state index contributed by atoms with van der Waals surface area (Å²) in [5.41, 5.74) is 3.71. The number of halogens is 1. The monoisotopic (exact) mass is 401 g/mol. The Labute approximate surface area is 167 Å². The molecular formula is C20H18ClN2OS2+. The number of aryl methyl sites for hydroxylation is 1. The Kier molecular flexibility index (Phi) is 5.71. The van der Waals surface area contributed by atoms with Crippen LogP contribution in [0.5, 0.6) is 0 Å². The third kappa shape index (κ3) is 3.96. The zero-order valence-electron chi connectivity index (χ0n) is 14.4. The number of hydrogen-bond donors (Lipinski definition) is 2. The van der Waals surface area contributed by atoms with Crippen LogP contribution >= 0.6 is 35.2 Å². The molecule has 0 atom stereocenters. The van der Waals surface area contributed by atoms with Crippen molar-refractivity contribution < 1.29 is 9.67 Å². The van der Waals surface area contributed by atoms with Gasteiger partial charge in [0.05, 0.1) is 9.21 Å². The lowest BCUT2D eigenvalue weighted by atomic mass is 10.1. The van der Waals surface area contributed by atoms with Gasteiger partial charge in [-0.25, -0.2) is 0 Å². The molecule has 0 aliphatic heterocycles. The molecule has 2 heterocycles. The van der Waals surface area contributed by atoms with Crippen LogP contribution in [-0.2, 0) is 0 Å². The molecule has 0 bridgehead atoms. The number of aromatic nitrogens is 1. The number of nitrogens with one attached hydrogen (secondary N) is 1. The van der Waals surface area contributed by atoms with Crippen LogP contribution in [0.15, 0.2) is 60.9 Å². The minimum atomic E-state index is 0.0842. The van der Waals surface area contributed by atoms with Crippen molar-refractivity contribution in [1.82, 2.24) is 0 Å². The minimum absolute atomic E-state index is 0.0842. The molecule has 3 nitrogen and oxygen atoms in total. The molecular weight excluding hydrogens is 384 g/mol. The molecule has 0 fully saturated rings. The van der Waals surface area contributed by atoms with E-state index in [-0.39, 0.29) is 5.76 Å². The van der Waals surface area contributed by atoms with Gasteiger partial charge in [-0.1, -0.05) is 42.0 Å². The summed E-state index contributed by atoms with van der Waals surface area (Å²) in [6, 6.07) is 15.2. The number of benzene rings is 1. The van der Waals surface area contributed by atoms with Crippen molar-refractivity contribution in [1.29, 1.82) is 0 Å². The molecule has 3 rings (SSSR count). The SMILES string of the molecule is Cc1cccc(NC(=S)C(=C(O)c2ccc(Cl)s2)[n+]2ccccc2)c1C. The molecule has 0 unspecified atom stereocenters. The first kappa shape index (κ1) is 18.6. The Hall–Kier alpha value is -2.21. The van der Waals surface area contributed by atoms with Gasteiger partial charge < -0.3 is 10.4 Å². The topological polar surface area (TPSA) is 36.1 Å². The summed E-state index contributed by atoms with van der Waals surface area (Å²) in [5, 5.41) is 14.2. The zero-order valence-corrected chi connectivity index (χ0v) is 16.8. The summed E-state index contributed by atoms with van der Waals surface area (Å²) in [6.07, 6.45) is 3.69. The predicted octanol–water partition coefficient (Wildman–Crippen LogP) is 5.63. The van der Waals surface area contributed by atoms with Gasteiger partial charge in [0.2, 0.25) is 5.76 Å². The van der Waals surface area contributed by atoms with Crippen molar-refractivity contribution in [3.8, 4) is 0 Å².